The third kappa shape index (κ3) is 4.90. The summed E-state index contributed by atoms with van der Waals surface area (Å²) in [5, 5.41) is 2.80. The Hall–Kier alpha value is -1.70. The van der Waals surface area contributed by atoms with Crippen molar-refractivity contribution >= 4 is 37.5 Å². The van der Waals surface area contributed by atoms with Crippen molar-refractivity contribution in [2.75, 3.05) is 18.4 Å². The maximum absolute atomic E-state index is 12.7. The van der Waals surface area contributed by atoms with Crippen LogP contribution in [0.5, 0.6) is 0 Å². The summed E-state index contributed by atoms with van der Waals surface area (Å²) in [4.78, 5) is 12.5. The molecule has 0 aliphatic rings. The number of amides is 1. The summed E-state index contributed by atoms with van der Waals surface area (Å²) in [6.45, 7) is 5.51. The molecule has 2 rings (SSSR count). The molecule has 2 aromatic rings. The van der Waals surface area contributed by atoms with Crippen LogP contribution in [0.1, 0.15) is 18.1 Å². The van der Waals surface area contributed by atoms with Gasteiger partial charge in [-0.3, -0.25) is 4.79 Å². The average Bonchev–Trinajstić information content (AvgIpc) is 2.56. The molecule has 0 saturated heterocycles. The van der Waals surface area contributed by atoms with Crippen LogP contribution in [-0.4, -0.2) is 31.7 Å². The van der Waals surface area contributed by atoms with E-state index < -0.39 is 10.0 Å². The normalized spacial score (nSPS) is 11.6. The first-order valence-corrected chi connectivity index (χ1v) is 10.1. The number of nitrogens with zero attached hydrogens (tertiary/aromatic N) is 1. The van der Waals surface area contributed by atoms with E-state index in [1.54, 1.807) is 19.1 Å². The van der Waals surface area contributed by atoms with Crippen LogP contribution in [0, 0.1) is 13.8 Å². The van der Waals surface area contributed by atoms with Crippen molar-refractivity contribution in [1.29, 1.82) is 0 Å². The fraction of sp³-hybridized carbons (Fsp3) is 0.278. The third-order valence-electron chi connectivity index (χ3n) is 3.79. The number of carbonyl (C=O) groups excluding carboxylic acids is 1. The number of halogens is 1. The van der Waals surface area contributed by atoms with Crippen LogP contribution >= 0.6 is 15.9 Å². The van der Waals surface area contributed by atoms with Gasteiger partial charge in [0.15, 0.2) is 0 Å². The number of rotatable bonds is 6. The molecule has 0 spiro atoms. The molecule has 0 bridgehead atoms. The molecule has 0 radical (unpaired) electrons. The van der Waals surface area contributed by atoms with E-state index in [1.807, 2.05) is 32.0 Å². The van der Waals surface area contributed by atoms with Crippen LogP contribution in [0.3, 0.4) is 0 Å². The van der Waals surface area contributed by atoms with Crippen LogP contribution in [-0.2, 0) is 14.8 Å². The van der Waals surface area contributed by atoms with Gasteiger partial charge in [0.05, 0.1) is 11.4 Å². The quantitative estimate of drug-likeness (QED) is 0.767. The molecule has 0 unspecified atom stereocenters. The zero-order chi connectivity index (χ0) is 18.6. The van der Waals surface area contributed by atoms with E-state index in [2.05, 4.69) is 21.2 Å². The lowest BCUT2D eigenvalue weighted by Gasteiger charge is -2.20. The molecule has 5 nitrogen and oxygen atoms in total. The smallest absolute Gasteiger partial charge is 0.243 e. The monoisotopic (exact) mass is 424 g/mol. The van der Waals surface area contributed by atoms with Crippen molar-refractivity contribution in [3.63, 3.8) is 0 Å². The Kier molecular flexibility index (Phi) is 6.37. The van der Waals surface area contributed by atoms with Crippen molar-refractivity contribution < 1.29 is 13.2 Å². The molecule has 0 saturated carbocycles. The van der Waals surface area contributed by atoms with Crippen molar-refractivity contribution in [1.82, 2.24) is 4.31 Å². The molecule has 7 heteroatoms. The van der Waals surface area contributed by atoms with Gasteiger partial charge in [0, 0.05) is 16.7 Å². The minimum Gasteiger partial charge on any atom is -0.325 e. The molecule has 0 atom stereocenters. The van der Waals surface area contributed by atoms with Crippen molar-refractivity contribution in [2.24, 2.45) is 0 Å². The summed E-state index contributed by atoms with van der Waals surface area (Å²) in [5.74, 6) is -0.365. The number of likely N-dealkylation sites (N-methyl/N-ethyl adjacent to an activating group) is 1. The van der Waals surface area contributed by atoms with Crippen LogP contribution in [0.2, 0.25) is 0 Å². The molecule has 2 aromatic carbocycles. The molecular formula is C18H21BrN2O3S. The zero-order valence-corrected chi connectivity index (χ0v) is 16.8. The Balaban J connectivity index is 2.16. The second-order valence-corrected chi connectivity index (χ2v) is 8.61. The maximum Gasteiger partial charge on any atom is 0.243 e. The number of carbonyl (C=O) groups is 1. The van der Waals surface area contributed by atoms with E-state index in [1.165, 1.54) is 12.1 Å². The lowest BCUT2D eigenvalue weighted by atomic mass is 10.1. The second kappa shape index (κ2) is 8.12. The van der Waals surface area contributed by atoms with Gasteiger partial charge < -0.3 is 5.32 Å². The first-order valence-electron chi connectivity index (χ1n) is 7.87. The molecule has 25 heavy (non-hydrogen) atoms. The molecule has 0 fully saturated rings. The van der Waals surface area contributed by atoms with E-state index in [4.69, 9.17) is 0 Å². The van der Waals surface area contributed by atoms with Gasteiger partial charge in [-0.2, -0.15) is 4.31 Å². The van der Waals surface area contributed by atoms with Gasteiger partial charge in [0.2, 0.25) is 15.9 Å². The number of sulfonamides is 1. The van der Waals surface area contributed by atoms with Gasteiger partial charge in [-0.15, -0.1) is 0 Å². The molecule has 134 valence electrons. The summed E-state index contributed by atoms with van der Waals surface area (Å²) in [7, 11) is -3.72. The fourth-order valence-corrected chi connectivity index (χ4v) is 4.01. The number of nitrogens with one attached hydrogen (secondary N) is 1. The third-order valence-corrected chi connectivity index (χ3v) is 6.25. The predicted molar refractivity (Wildman–Crippen MR) is 103 cm³/mol. The molecule has 0 aromatic heterocycles. The second-order valence-electron chi connectivity index (χ2n) is 5.75. The molecule has 0 heterocycles. The van der Waals surface area contributed by atoms with Crippen molar-refractivity contribution in [3.8, 4) is 0 Å². The summed E-state index contributed by atoms with van der Waals surface area (Å²) in [6.07, 6.45) is 0. The molecule has 0 aliphatic heterocycles. The Bertz CT molecular complexity index is 864. The largest absolute Gasteiger partial charge is 0.325 e. The van der Waals surface area contributed by atoms with Crippen LogP contribution in [0.4, 0.5) is 5.69 Å². The van der Waals surface area contributed by atoms with Crippen LogP contribution in [0.15, 0.2) is 51.8 Å². The summed E-state index contributed by atoms with van der Waals surface area (Å²) in [6, 6.07) is 12.1. The highest BCUT2D eigenvalue weighted by atomic mass is 79.9. The number of benzene rings is 2. The van der Waals surface area contributed by atoms with Crippen molar-refractivity contribution in [2.45, 2.75) is 25.7 Å². The van der Waals surface area contributed by atoms with Gasteiger partial charge in [-0.1, -0.05) is 35.0 Å². The van der Waals surface area contributed by atoms with E-state index in [0.717, 1.165) is 19.9 Å². The lowest BCUT2D eigenvalue weighted by molar-refractivity contribution is -0.116. The first-order chi connectivity index (χ1) is 11.7. The summed E-state index contributed by atoms with van der Waals surface area (Å²) in [5.41, 5.74) is 2.65. The summed E-state index contributed by atoms with van der Waals surface area (Å²) >= 11 is 3.28. The maximum atomic E-state index is 12.7. The fourth-order valence-electron chi connectivity index (χ4n) is 2.34. The SMILES string of the molecule is CCN(CC(=O)Nc1cc(C)ccc1C)S(=O)(=O)c1ccc(Br)cc1. The lowest BCUT2D eigenvalue weighted by Crippen LogP contribution is -2.37. The highest BCUT2D eigenvalue weighted by molar-refractivity contribution is 9.10. The highest BCUT2D eigenvalue weighted by Gasteiger charge is 2.25. The van der Waals surface area contributed by atoms with Gasteiger partial charge in [-0.25, -0.2) is 8.42 Å². The average molecular weight is 425 g/mol. The predicted octanol–water partition coefficient (Wildman–Crippen LogP) is 3.72. The van der Waals surface area contributed by atoms with Gasteiger partial charge >= 0.3 is 0 Å². The Labute approximate surface area is 157 Å². The van der Waals surface area contributed by atoms with E-state index in [9.17, 15) is 13.2 Å². The van der Waals surface area contributed by atoms with Crippen molar-refractivity contribution in [3.05, 3.63) is 58.1 Å². The standard InChI is InChI=1S/C18H21BrN2O3S/c1-4-21(25(23,24)16-9-7-15(19)8-10-16)12-18(22)20-17-11-13(2)5-6-14(17)3/h5-11H,4,12H2,1-3H3,(H,20,22). The van der Waals surface area contributed by atoms with Gasteiger partial charge in [-0.05, 0) is 55.3 Å². The topological polar surface area (TPSA) is 66.5 Å². The number of hydrogen-bond donors (Lipinski definition) is 1. The van der Waals surface area contributed by atoms with E-state index in [0.29, 0.717) is 5.69 Å². The Morgan fingerprint density at radius 1 is 1.12 bits per heavy atom. The highest BCUT2D eigenvalue weighted by Crippen LogP contribution is 2.20. The first kappa shape index (κ1) is 19.6. The number of aryl methyl sites for hydroxylation is 2. The molecular weight excluding hydrogens is 404 g/mol. The van der Waals surface area contributed by atoms with E-state index >= 15 is 0 Å². The minimum atomic E-state index is -3.72. The Morgan fingerprint density at radius 3 is 2.36 bits per heavy atom. The Morgan fingerprint density at radius 2 is 1.76 bits per heavy atom. The summed E-state index contributed by atoms with van der Waals surface area (Å²) < 4.78 is 27.4. The molecule has 1 amide bonds. The van der Waals surface area contributed by atoms with Gasteiger partial charge in [0.1, 0.15) is 0 Å². The molecule has 1 N–H and O–H groups in total. The van der Waals surface area contributed by atoms with Crippen LogP contribution < -0.4 is 5.32 Å². The number of hydrogen-bond acceptors (Lipinski definition) is 3. The van der Waals surface area contributed by atoms with Gasteiger partial charge in [0.25, 0.3) is 0 Å². The minimum absolute atomic E-state index is 0.164. The zero-order valence-electron chi connectivity index (χ0n) is 14.4. The van der Waals surface area contributed by atoms with Crippen LogP contribution in [0.25, 0.3) is 0 Å². The number of anilines is 1. The van der Waals surface area contributed by atoms with E-state index in [-0.39, 0.29) is 23.9 Å². The molecule has 0 aliphatic carbocycles.